The van der Waals surface area contributed by atoms with E-state index >= 15 is 0 Å². The summed E-state index contributed by atoms with van der Waals surface area (Å²) in [6.07, 6.45) is 45.0. The molecule has 8 aromatic rings. The second-order valence-corrected chi connectivity index (χ2v) is 33.3. The Bertz CT molecular complexity index is 3260. The number of aromatic nitrogens is 2. The molecule has 1 aliphatic rings. The molecule has 7 aromatic heterocycles. The van der Waals surface area contributed by atoms with E-state index < -0.39 is 0 Å². The number of benzene rings is 1. The Balaban J connectivity index is 1.12. The smallest absolute Gasteiger partial charge is 0.263 e. The Kier molecular flexibility index (Phi) is 28.4. The second-order valence-electron chi connectivity index (χ2n) is 25.6. The van der Waals surface area contributed by atoms with Gasteiger partial charge in [-0.2, -0.15) is 0 Å². The van der Waals surface area contributed by atoms with Gasteiger partial charge in [-0.3, -0.25) is 14.5 Å². The number of imide groups is 1. The van der Waals surface area contributed by atoms with Crippen LogP contribution in [0.1, 0.15) is 294 Å². The molecule has 0 aliphatic carbocycles. The van der Waals surface area contributed by atoms with Crippen LogP contribution in [0.15, 0.2) is 48.5 Å². The molecule has 88 heavy (non-hydrogen) atoms. The standard InChI is InChI=1S/C76H105N3O2S7/c1-8-15-21-26-29-34-39-53(37-32-24-18-11-4)51-56-43-46-62(83-56)73-77-68-65(59-45-42-55(14-7)82-59)71-69(78-74(87-71)63-47-44-57(84-63)52-54(38-33-25-19-12-5)40-35-30-27-22-16-9-2)66(72(68)88-73)60-48-49-61(85-60)70-67-64(58(86-70)41-20-13-6)75(80)79(76(67)81)50-36-31-28-23-17-10-3/h42-49,53-54H,8-41,50-52H2,1-7H3. The summed E-state index contributed by atoms with van der Waals surface area (Å²) in [7, 11) is 0. The maximum absolute atomic E-state index is 14.7. The molecule has 0 radical (unpaired) electrons. The third-order valence-corrected chi connectivity index (χ3v) is 27.0. The van der Waals surface area contributed by atoms with Crippen LogP contribution in [0, 0.1) is 11.8 Å². The predicted octanol–water partition coefficient (Wildman–Crippen LogP) is 27.2. The van der Waals surface area contributed by atoms with E-state index in [-0.39, 0.29) is 11.8 Å². The first kappa shape index (κ1) is 69.0. The first-order chi connectivity index (χ1) is 43.2. The van der Waals surface area contributed by atoms with Gasteiger partial charge < -0.3 is 0 Å². The van der Waals surface area contributed by atoms with E-state index in [4.69, 9.17) is 9.97 Å². The summed E-state index contributed by atoms with van der Waals surface area (Å²) in [5, 5.41) is 2.18. The van der Waals surface area contributed by atoms with Crippen LogP contribution < -0.4 is 0 Å². The molecule has 12 heteroatoms. The molecule has 0 N–H and O–H groups in total. The van der Waals surface area contributed by atoms with Gasteiger partial charge in [0, 0.05) is 51.8 Å². The first-order valence-electron chi connectivity index (χ1n) is 35.4. The van der Waals surface area contributed by atoms with E-state index in [1.54, 1.807) is 27.6 Å². The lowest BCUT2D eigenvalue weighted by Crippen LogP contribution is -2.31. The molecule has 9 rings (SSSR count). The van der Waals surface area contributed by atoms with Gasteiger partial charge in [-0.15, -0.1) is 79.4 Å². The van der Waals surface area contributed by atoms with Crippen molar-refractivity contribution in [1.82, 2.24) is 14.9 Å². The van der Waals surface area contributed by atoms with Crippen LogP contribution in [0.3, 0.4) is 0 Å². The monoisotopic (exact) mass is 1320 g/mol. The summed E-state index contributed by atoms with van der Waals surface area (Å²) in [5.41, 5.74) is 5.81. The fraction of sp³-hybridized carbons (Fsp3) is 0.605. The predicted molar refractivity (Wildman–Crippen MR) is 394 cm³/mol. The average Bonchev–Trinajstić information content (AvgIpc) is 1.60. The molecule has 0 saturated heterocycles. The zero-order valence-corrected chi connectivity index (χ0v) is 60.7. The highest BCUT2D eigenvalue weighted by Gasteiger charge is 2.42. The number of thiazole rings is 2. The van der Waals surface area contributed by atoms with E-state index in [1.807, 2.05) is 56.7 Å². The third-order valence-electron chi connectivity index (χ3n) is 18.5. The van der Waals surface area contributed by atoms with Gasteiger partial charge in [0.1, 0.15) is 10.0 Å². The summed E-state index contributed by atoms with van der Waals surface area (Å²) in [5.74, 6) is 1.26. The molecular formula is C76H105N3O2S7. The highest BCUT2D eigenvalue weighted by atomic mass is 32.1. The van der Waals surface area contributed by atoms with Crippen LogP contribution in [-0.4, -0.2) is 33.2 Å². The van der Waals surface area contributed by atoms with Crippen molar-refractivity contribution in [2.45, 2.75) is 280 Å². The number of hydrogen-bond acceptors (Lipinski definition) is 11. The minimum Gasteiger partial charge on any atom is -0.274 e. The van der Waals surface area contributed by atoms with Crippen molar-refractivity contribution in [2.24, 2.45) is 11.8 Å². The van der Waals surface area contributed by atoms with Crippen LogP contribution in [0.5, 0.6) is 0 Å². The zero-order valence-electron chi connectivity index (χ0n) is 55.0. The fourth-order valence-electron chi connectivity index (χ4n) is 13.3. The Morgan fingerprint density at radius 2 is 0.750 bits per heavy atom. The van der Waals surface area contributed by atoms with Gasteiger partial charge in [-0.1, -0.05) is 241 Å². The van der Waals surface area contributed by atoms with Crippen molar-refractivity contribution in [2.75, 3.05) is 6.54 Å². The Labute approximate surface area is 559 Å². The minimum atomic E-state index is -0.105. The molecule has 0 spiro atoms. The lowest BCUT2D eigenvalue weighted by Gasteiger charge is -2.16. The molecule has 1 aromatic carbocycles. The molecule has 8 heterocycles. The number of carbonyl (C=O) groups excluding carboxylic acids is 2. The number of rotatable bonds is 44. The van der Waals surface area contributed by atoms with Gasteiger partial charge in [0.15, 0.2) is 0 Å². The molecule has 5 nitrogen and oxygen atoms in total. The maximum atomic E-state index is 14.7. The first-order valence-corrected chi connectivity index (χ1v) is 41.1. The number of unbranched alkanes of at least 4 members (excludes halogenated alkanes) is 22. The molecule has 2 atom stereocenters. The summed E-state index contributed by atoms with van der Waals surface area (Å²) in [6, 6.07) is 18.8. The Hall–Kier alpha value is -3.36. The zero-order chi connectivity index (χ0) is 61.6. The van der Waals surface area contributed by atoms with E-state index in [1.165, 1.54) is 218 Å². The van der Waals surface area contributed by atoms with E-state index in [9.17, 15) is 9.59 Å². The van der Waals surface area contributed by atoms with E-state index in [0.29, 0.717) is 17.7 Å². The normalized spacial score (nSPS) is 13.4. The number of thiophene rings is 5. The second kappa shape index (κ2) is 36.2. The van der Waals surface area contributed by atoms with E-state index in [0.717, 1.165) is 116 Å². The lowest BCUT2D eigenvalue weighted by molar-refractivity contribution is 0.0651. The summed E-state index contributed by atoms with van der Waals surface area (Å²) >= 11 is 13.0. The number of aryl methyl sites for hydroxylation is 2. The third kappa shape index (κ3) is 18.1. The minimum absolute atomic E-state index is 0.0842. The Morgan fingerprint density at radius 3 is 1.23 bits per heavy atom. The summed E-state index contributed by atoms with van der Waals surface area (Å²) in [6.45, 7) is 16.5. The SMILES string of the molecule is CCCCCCCCC(CCCCCC)Cc1ccc(-c2nc3c(-c4ccc(-c5sc(CCCC)c6c5C(=O)N(CCCCCCCC)C6=O)s4)c4sc(-c5ccc(CC(CCCCCC)CCCCCCCC)s5)nc4c(-c4ccc(CC)s4)c3s2)s1. The molecule has 1 aliphatic heterocycles. The van der Waals surface area contributed by atoms with Crippen LogP contribution in [0.2, 0.25) is 0 Å². The van der Waals surface area contributed by atoms with Crippen molar-refractivity contribution in [3.63, 3.8) is 0 Å². The van der Waals surface area contributed by atoms with Gasteiger partial charge in [-0.05, 0) is 98.9 Å². The van der Waals surface area contributed by atoms with Crippen molar-refractivity contribution in [3.05, 3.63) is 79.2 Å². The van der Waals surface area contributed by atoms with Crippen LogP contribution in [0.25, 0.3) is 70.8 Å². The van der Waals surface area contributed by atoms with Crippen LogP contribution in [0.4, 0.5) is 0 Å². The summed E-state index contributed by atoms with van der Waals surface area (Å²) < 4.78 is 2.39. The highest BCUT2D eigenvalue weighted by Crippen LogP contribution is 2.54. The molecule has 0 saturated carbocycles. The highest BCUT2D eigenvalue weighted by molar-refractivity contribution is 7.29. The van der Waals surface area contributed by atoms with Crippen LogP contribution in [-0.2, 0) is 25.7 Å². The number of hydrogen-bond donors (Lipinski definition) is 0. The number of nitrogens with zero attached hydrogens (tertiary/aromatic N) is 3. The topological polar surface area (TPSA) is 63.2 Å². The largest absolute Gasteiger partial charge is 0.274 e. The van der Waals surface area contributed by atoms with E-state index in [2.05, 4.69) is 97.0 Å². The van der Waals surface area contributed by atoms with Crippen molar-refractivity contribution in [1.29, 1.82) is 0 Å². The van der Waals surface area contributed by atoms with Gasteiger partial charge in [0.2, 0.25) is 0 Å². The van der Waals surface area contributed by atoms with Gasteiger partial charge in [0.25, 0.3) is 11.8 Å². The van der Waals surface area contributed by atoms with Gasteiger partial charge >= 0.3 is 0 Å². The van der Waals surface area contributed by atoms with Crippen molar-refractivity contribution in [3.8, 4) is 50.4 Å². The molecule has 0 fully saturated rings. The molecule has 478 valence electrons. The van der Waals surface area contributed by atoms with Crippen molar-refractivity contribution >= 4 is 112 Å². The fourth-order valence-corrected chi connectivity index (χ4v) is 21.6. The maximum Gasteiger partial charge on any atom is 0.263 e. The molecule has 0 bridgehead atoms. The quantitative estimate of drug-likeness (QED) is 0.0282. The molecule has 2 amide bonds. The average molecular weight is 1320 g/mol. The van der Waals surface area contributed by atoms with Gasteiger partial charge in [-0.25, -0.2) is 9.97 Å². The van der Waals surface area contributed by atoms with Gasteiger partial charge in [0.05, 0.1) is 46.2 Å². The number of fused-ring (bicyclic) bond motifs is 3. The number of carbonyl (C=O) groups is 2. The van der Waals surface area contributed by atoms with Crippen molar-refractivity contribution < 1.29 is 9.59 Å². The Morgan fingerprint density at radius 1 is 0.364 bits per heavy atom. The summed E-state index contributed by atoms with van der Waals surface area (Å²) in [4.78, 5) is 54.8. The number of amides is 2. The molecular weight excluding hydrogens is 1210 g/mol. The molecule has 2 unspecified atom stereocenters. The lowest BCUT2D eigenvalue weighted by atomic mass is 9.91. The van der Waals surface area contributed by atoms with Crippen LogP contribution >= 0.6 is 79.4 Å².